The molecule has 0 atom stereocenters. The van der Waals surface area contributed by atoms with Crippen molar-refractivity contribution < 1.29 is 14.3 Å². The van der Waals surface area contributed by atoms with Gasteiger partial charge in [0.2, 0.25) is 5.12 Å². The number of thioether (sulfide) groups is 1. The van der Waals surface area contributed by atoms with Crippen LogP contribution in [0.25, 0.3) is 0 Å². The molecule has 0 unspecified atom stereocenters. The molecule has 0 heterocycles. The molecule has 0 saturated heterocycles. The van der Waals surface area contributed by atoms with Gasteiger partial charge in [-0.1, -0.05) is 58.8 Å². The van der Waals surface area contributed by atoms with Crippen LogP contribution in [0.5, 0.6) is 11.5 Å². The number of hydrogen-bond acceptors (Lipinski definition) is 4. The minimum absolute atomic E-state index is 0.0364. The minimum Gasteiger partial charge on any atom is -0.494 e. The number of unbranched alkanes of at least 4 members (excludes halogenated alkanes) is 7. The Labute approximate surface area is 186 Å². The van der Waals surface area contributed by atoms with Crippen LogP contribution in [0.15, 0.2) is 53.4 Å². The van der Waals surface area contributed by atoms with Gasteiger partial charge >= 0.3 is 0 Å². The number of carbonyl (C=O) groups is 1. The van der Waals surface area contributed by atoms with Gasteiger partial charge in [0.15, 0.2) is 0 Å². The first-order valence-electron chi connectivity index (χ1n) is 11.4. The van der Waals surface area contributed by atoms with E-state index in [0.717, 1.165) is 42.4 Å². The van der Waals surface area contributed by atoms with Gasteiger partial charge in [0.05, 0.1) is 13.2 Å². The average molecular weight is 429 g/mol. The zero-order chi connectivity index (χ0) is 21.4. The number of hydrogen-bond donors (Lipinski definition) is 0. The Morgan fingerprint density at radius 1 is 0.667 bits per heavy atom. The molecular formula is C26H36O3S. The third-order valence-electron chi connectivity index (χ3n) is 4.91. The predicted molar refractivity (Wildman–Crippen MR) is 127 cm³/mol. The van der Waals surface area contributed by atoms with Crippen molar-refractivity contribution >= 4 is 16.9 Å². The summed E-state index contributed by atoms with van der Waals surface area (Å²) in [5, 5.41) is 0.0364. The molecule has 0 aliphatic rings. The van der Waals surface area contributed by atoms with Gasteiger partial charge in [-0.25, -0.2) is 0 Å². The molecular weight excluding hydrogens is 392 g/mol. The van der Waals surface area contributed by atoms with E-state index in [1.54, 1.807) is 0 Å². The van der Waals surface area contributed by atoms with Crippen molar-refractivity contribution in [3.63, 3.8) is 0 Å². The fraction of sp³-hybridized carbons (Fsp3) is 0.500. The molecule has 2 rings (SSSR count). The molecule has 0 aromatic heterocycles. The first-order valence-corrected chi connectivity index (χ1v) is 12.2. The lowest BCUT2D eigenvalue weighted by molar-refractivity contribution is 0.108. The Bertz CT molecular complexity index is 710. The maximum Gasteiger partial charge on any atom is 0.224 e. The molecule has 0 spiro atoms. The van der Waals surface area contributed by atoms with E-state index in [0.29, 0.717) is 5.56 Å². The quantitative estimate of drug-likeness (QED) is 0.213. The highest BCUT2D eigenvalue weighted by Crippen LogP contribution is 2.26. The van der Waals surface area contributed by atoms with Crippen molar-refractivity contribution in [2.24, 2.45) is 0 Å². The summed E-state index contributed by atoms with van der Waals surface area (Å²) in [6.07, 6.45) is 10.9. The summed E-state index contributed by atoms with van der Waals surface area (Å²) in [7, 11) is 0. The van der Waals surface area contributed by atoms with E-state index >= 15 is 0 Å². The van der Waals surface area contributed by atoms with Crippen molar-refractivity contribution in [3.05, 3.63) is 54.1 Å². The van der Waals surface area contributed by atoms with Crippen LogP contribution in [0.3, 0.4) is 0 Å². The Kier molecular flexibility index (Phi) is 12.1. The molecule has 0 amide bonds. The Balaban J connectivity index is 1.72. The van der Waals surface area contributed by atoms with E-state index in [1.807, 2.05) is 48.5 Å². The molecule has 3 nitrogen and oxygen atoms in total. The van der Waals surface area contributed by atoms with Crippen molar-refractivity contribution in [2.75, 3.05) is 13.2 Å². The molecule has 0 aliphatic heterocycles. The van der Waals surface area contributed by atoms with Crippen molar-refractivity contribution in [1.82, 2.24) is 0 Å². The third-order valence-corrected chi connectivity index (χ3v) is 5.84. The lowest BCUT2D eigenvalue weighted by Gasteiger charge is -2.08. The zero-order valence-corrected chi connectivity index (χ0v) is 19.3. The Hall–Kier alpha value is -1.94. The number of carbonyl (C=O) groups excluding carboxylic acids is 1. The van der Waals surface area contributed by atoms with Crippen LogP contribution in [0.2, 0.25) is 0 Å². The smallest absolute Gasteiger partial charge is 0.224 e. The van der Waals surface area contributed by atoms with Crippen LogP contribution in [0, 0.1) is 0 Å². The Morgan fingerprint density at radius 3 is 1.67 bits per heavy atom. The second kappa shape index (κ2) is 15.0. The molecule has 0 N–H and O–H groups in total. The molecule has 164 valence electrons. The topological polar surface area (TPSA) is 35.5 Å². The third kappa shape index (κ3) is 9.71. The monoisotopic (exact) mass is 428 g/mol. The van der Waals surface area contributed by atoms with Gasteiger partial charge in [-0.2, -0.15) is 0 Å². The van der Waals surface area contributed by atoms with E-state index in [2.05, 4.69) is 13.8 Å². The average Bonchev–Trinajstić information content (AvgIpc) is 2.77. The molecule has 0 fully saturated rings. The van der Waals surface area contributed by atoms with E-state index in [-0.39, 0.29) is 5.12 Å². The number of ether oxygens (including phenoxy) is 2. The van der Waals surface area contributed by atoms with Crippen molar-refractivity contribution in [3.8, 4) is 11.5 Å². The van der Waals surface area contributed by atoms with E-state index < -0.39 is 0 Å². The maximum atomic E-state index is 12.5. The van der Waals surface area contributed by atoms with E-state index in [9.17, 15) is 4.79 Å². The van der Waals surface area contributed by atoms with Crippen LogP contribution in [-0.4, -0.2) is 18.3 Å². The molecule has 0 bridgehead atoms. The van der Waals surface area contributed by atoms with Crippen LogP contribution < -0.4 is 9.47 Å². The summed E-state index contributed by atoms with van der Waals surface area (Å²) in [5.74, 6) is 1.69. The summed E-state index contributed by atoms with van der Waals surface area (Å²) in [6, 6.07) is 15.2. The highest BCUT2D eigenvalue weighted by atomic mass is 32.2. The van der Waals surface area contributed by atoms with Gasteiger partial charge in [0.25, 0.3) is 0 Å². The van der Waals surface area contributed by atoms with Gasteiger partial charge in [-0.3, -0.25) is 4.79 Å². The molecule has 4 heteroatoms. The summed E-state index contributed by atoms with van der Waals surface area (Å²) in [6.45, 7) is 5.91. The summed E-state index contributed by atoms with van der Waals surface area (Å²) >= 11 is 1.24. The normalized spacial score (nSPS) is 10.7. The first kappa shape index (κ1) is 24.3. The number of rotatable bonds is 15. The fourth-order valence-electron chi connectivity index (χ4n) is 3.07. The van der Waals surface area contributed by atoms with Gasteiger partial charge in [0, 0.05) is 10.5 Å². The highest BCUT2D eigenvalue weighted by Gasteiger charge is 2.09. The predicted octanol–water partition coefficient (Wildman–Crippen LogP) is 7.93. The lowest BCUT2D eigenvalue weighted by atomic mass is 10.2. The highest BCUT2D eigenvalue weighted by molar-refractivity contribution is 8.14. The molecule has 0 radical (unpaired) electrons. The fourth-order valence-corrected chi connectivity index (χ4v) is 3.81. The standard InChI is InChI=1S/C26H36O3S/c1-3-5-7-9-11-21-28-23-14-12-22(13-15-23)26(27)30-25-18-16-24(17-19-25)29-20-10-8-6-4-2/h12-19H,3-11,20-21H2,1-2H3. The second-order valence-electron chi connectivity index (χ2n) is 7.56. The van der Waals surface area contributed by atoms with E-state index in [4.69, 9.17) is 9.47 Å². The molecule has 2 aromatic rings. The summed E-state index contributed by atoms with van der Waals surface area (Å²) in [5.41, 5.74) is 0.687. The van der Waals surface area contributed by atoms with Crippen LogP contribution in [0.1, 0.15) is 82.0 Å². The molecule has 0 aliphatic carbocycles. The van der Waals surface area contributed by atoms with Crippen molar-refractivity contribution in [1.29, 1.82) is 0 Å². The zero-order valence-electron chi connectivity index (χ0n) is 18.5. The summed E-state index contributed by atoms with van der Waals surface area (Å²) in [4.78, 5) is 13.5. The Morgan fingerprint density at radius 2 is 1.13 bits per heavy atom. The molecule has 0 saturated carbocycles. The second-order valence-corrected chi connectivity index (χ2v) is 8.60. The van der Waals surface area contributed by atoms with Gasteiger partial charge in [-0.05, 0) is 73.1 Å². The minimum atomic E-state index is 0.0364. The lowest BCUT2D eigenvalue weighted by Crippen LogP contribution is -1.99. The van der Waals surface area contributed by atoms with Gasteiger partial charge in [-0.15, -0.1) is 0 Å². The SMILES string of the molecule is CCCCCCCOc1ccc(C(=O)Sc2ccc(OCCCCCC)cc2)cc1. The molecule has 30 heavy (non-hydrogen) atoms. The van der Waals surface area contributed by atoms with E-state index in [1.165, 1.54) is 56.7 Å². The maximum absolute atomic E-state index is 12.5. The summed E-state index contributed by atoms with van der Waals surface area (Å²) < 4.78 is 11.5. The van der Waals surface area contributed by atoms with Gasteiger partial charge < -0.3 is 9.47 Å². The number of benzene rings is 2. The first-order chi connectivity index (χ1) is 14.7. The van der Waals surface area contributed by atoms with Crippen LogP contribution >= 0.6 is 11.8 Å². The van der Waals surface area contributed by atoms with Crippen LogP contribution in [-0.2, 0) is 0 Å². The van der Waals surface area contributed by atoms with Crippen LogP contribution in [0.4, 0.5) is 0 Å². The largest absolute Gasteiger partial charge is 0.494 e. The van der Waals surface area contributed by atoms with Crippen molar-refractivity contribution in [2.45, 2.75) is 76.5 Å². The molecule has 2 aromatic carbocycles. The van der Waals surface area contributed by atoms with Gasteiger partial charge in [0.1, 0.15) is 11.5 Å².